The number of benzene rings is 1. The maximum absolute atomic E-state index is 5.88. The molecule has 2 rings (SSSR count). The van der Waals surface area contributed by atoms with Crippen LogP contribution in [0.1, 0.15) is 16.0 Å². The fourth-order valence-electron chi connectivity index (χ4n) is 1.76. The van der Waals surface area contributed by atoms with Crippen LogP contribution >= 0.6 is 22.9 Å². The van der Waals surface area contributed by atoms with Gasteiger partial charge in [-0.15, -0.1) is 11.3 Å². The quantitative estimate of drug-likeness (QED) is 0.805. The lowest BCUT2D eigenvalue weighted by Crippen LogP contribution is -2.15. The molecule has 17 heavy (non-hydrogen) atoms. The minimum absolute atomic E-state index is 0.862. The minimum atomic E-state index is 0.862. The van der Waals surface area contributed by atoms with Crippen molar-refractivity contribution in [3.8, 4) is 0 Å². The zero-order chi connectivity index (χ0) is 12.1. The average molecular weight is 266 g/mol. The van der Waals surface area contributed by atoms with Gasteiger partial charge in [0.15, 0.2) is 0 Å². The summed E-state index contributed by atoms with van der Waals surface area (Å²) in [6, 6.07) is 12.7. The van der Waals surface area contributed by atoms with Gasteiger partial charge < -0.3 is 5.32 Å². The van der Waals surface area contributed by atoms with Crippen molar-refractivity contribution in [2.24, 2.45) is 0 Å². The van der Waals surface area contributed by atoms with Gasteiger partial charge in [0.25, 0.3) is 0 Å². The lowest BCUT2D eigenvalue weighted by atomic mass is 10.1. The van der Waals surface area contributed by atoms with Gasteiger partial charge in [-0.1, -0.05) is 41.4 Å². The number of hydrogen-bond acceptors (Lipinski definition) is 2. The second kappa shape index (κ2) is 6.20. The third kappa shape index (κ3) is 4.15. The van der Waals surface area contributed by atoms with E-state index in [2.05, 4.69) is 42.6 Å². The molecule has 0 fully saturated rings. The Balaban J connectivity index is 1.73. The van der Waals surface area contributed by atoms with Gasteiger partial charge in [-0.05, 0) is 37.6 Å². The van der Waals surface area contributed by atoms with Crippen molar-refractivity contribution in [1.29, 1.82) is 0 Å². The number of halogens is 1. The lowest BCUT2D eigenvalue weighted by molar-refractivity contribution is 0.693. The maximum atomic E-state index is 5.88. The summed E-state index contributed by atoms with van der Waals surface area (Å²) in [6.45, 7) is 4.03. The SMILES string of the molecule is Cc1cccc(CCNCc2ccc(Cl)s2)c1. The number of rotatable bonds is 5. The van der Waals surface area contributed by atoms with E-state index in [0.717, 1.165) is 23.8 Å². The van der Waals surface area contributed by atoms with E-state index in [4.69, 9.17) is 11.6 Å². The Hall–Kier alpha value is -0.830. The topological polar surface area (TPSA) is 12.0 Å². The largest absolute Gasteiger partial charge is 0.312 e. The molecule has 0 bridgehead atoms. The van der Waals surface area contributed by atoms with Crippen LogP contribution in [0.25, 0.3) is 0 Å². The Kier molecular flexibility index (Phi) is 4.60. The Labute approximate surface area is 111 Å². The van der Waals surface area contributed by atoms with Crippen LogP contribution in [0, 0.1) is 6.92 Å². The predicted molar refractivity (Wildman–Crippen MR) is 75.9 cm³/mol. The van der Waals surface area contributed by atoms with Crippen molar-refractivity contribution >= 4 is 22.9 Å². The monoisotopic (exact) mass is 265 g/mol. The maximum Gasteiger partial charge on any atom is 0.0931 e. The molecule has 0 spiro atoms. The molecular weight excluding hydrogens is 250 g/mol. The van der Waals surface area contributed by atoms with E-state index >= 15 is 0 Å². The molecule has 0 saturated carbocycles. The van der Waals surface area contributed by atoms with Crippen LogP contribution in [0.2, 0.25) is 4.34 Å². The van der Waals surface area contributed by atoms with Gasteiger partial charge in [-0.25, -0.2) is 0 Å². The molecule has 1 heterocycles. The van der Waals surface area contributed by atoms with E-state index in [-0.39, 0.29) is 0 Å². The molecule has 1 N–H and O–H groups in total. The lowest BCUT2D eigenvalue weighted by Gasteiger charge is -2.04. The summed E-state index contributed by atoms with van der Waals surface area (Å²) in [7, 11) is 0. The van der Waals surface area contributed by atoms with Crippen LogP contribution in [-0.2, 0) is 13.0 Å². The van der Waals surface area contributed by atoms with Gasteiger partial charge in [-0.2, -0.15) is 0 Å². The number of hydrogen-bond donors (Lipinski definition) is 1. The van der Waals surface area contributed by atoms with Crippen molar-refractivity contribution in [2.45, 2.75) is 19.9 Å². The van der Waals surface area contributed by atoms with Crippen molar-refractivity contribution < 1.29 is 0 Å². The molecule has 0 aliphatic heterocycles. The predicted octanol–water partition coefficient (Wildman–Crippen LogP) is 4.04. The first-order valence-electron chi connectivity index (χ1n) is 5.74. The second-order valence-electron chi connectivity index (χ2n) is 4.12. The number of thiophene rings is 1. The van der Waals surface area contributed by atoms with Crippen LogP contribution in [0.4, 0.5) is 0 Å². The van der Waals surface area contributed by atoms with Gasteiger partial charge >= 0.3 is 0 Å². The molecule has 0 atom stereocenters. The molecule has 0 unspecified atom stereocenters. The summed E-state index contributed by atoms with van der Waals surface area (Å²) in [4.78, 5) is 1.29. The van der Waals surface area contributed by atoms with E-state index in [1.165, 1.54) is 16.0 Å². The summed E-state index contributed by atoms with van der Waals surface area (Å²) in [5.41, 5.74) is 2.72. The molecule has 0 radical (unpaired) electrons. The highest BCUT2D eigenvalue weighted by Gasteiger charge is 1.97. The highest BCUT2D eigenvalue weighted by atomic mass is 35.5. The Morgan fingerprint density at radius 2 is 2.12 bits per heavy atom. The van der Waals surface area contributed by atoms with E-state index in [9.17, 15) is 0 Å². The van der Waals surface area contributed by atoms with E-state index in [0.29, 0.717) is 0 Å². The first-order chi connectivity index (χ1) is 8.24. The van der Waals surface area contributed by atoms with Crippen LogP contribution in [0.5, 0.6) is 0 Å². The second-order valence-corrected chi connectivity index (χ2v) is 5.92. The summed E-state index contributed by atoms with van der Waals surface area (Å²) < 4.78 is 0.862. The van der Waals surface area contributed by atoms with Crippen LogP contribution < -0.4 is 5.32 Å². The van der Waals surface area contributed by atoms with Crippen molar-refractivity contribution in [3.63, 3.8) is 0 Å². The van der Waals surface area contributed by atoms with Crippen LogP contribution in [0.3, 0.4) is 0 Å². The molecule has 1 nitrogen and oxygen atoms in total. The van der Waals surface area contributed by atoms with Crippen molar-refractivity contribution in [2.75, 3.05) is 6.54 Å². The molecule has 1 aromatic carbocycles. The van der Waals surface area contributed by atoms with Gasteiger partial charge in [0, 0.05) is 11.4 Å². The fraction of sp³-hybridized carbons (Fsp3) is 0.286. The fourth-order valence-corrected chi connectivity index (χ4v) is 2.82. The zero-order valence-electron chi connectivity index (χ0n) is 9.87. The zero-order valence-corrected chi connectivity index (χ0v) is 11.4. The van der Waals surface area contributed by atoms with E-state index in [1.54, 1.807) is 11.3 Å². The average Bonchev–Trinajstić information content (AvgIpc) is 2.71. The standard InChI is InChI=1S/C14H16ClNS/c1-11-3-2-4-12(9-11)7-8-16-10-13-5-6-14(15)17-13/h2-6,9,16H,7-8,10H2,1H3. The van der Waals surface area contributed by atoms with Crippen molar-refractivity contribution in [1.82, 2.24) is 5.32 Å². The van der Waals surface area contributed by atoms with Gasteiger partial charge in [-0.3, -0.25) is 0 Å². The summed E-state index contributed by atoms with van der Waals surface area (Å²) in [5, 5.41) is 3.43. The third-order valence-electron chi connectivity index (χ3n) is 2.60. The molecular formula is C14H16ClNS. The molecule has 1 aromatic heterocycles. The molecule has 0 amide bonds. The normalized spacial score (nSPS) is 10.7. The highest BCUT2D eigenvalue weighted by Crippen LogP contribution is 2.20. The van der Waals surface area contributed by atoms with E-state index in [1.807, 2.05) is 6.07 Å². The molecule has 0 aliphatic carbocycles. The molecule has 3 heteroatoms. The first kappa shape index (κ1) is 12.6. The van der Waals surface area contributed by atoms with Crippen LogP contribution in [0.15, 0.2) is 36.4 Å². The number of nitrogens with one attached hydrogen (secondary N) is 1. The molecule has 0 saturated heterocycles. The molecule has 0 aliphatic rings. The first-order valence-corrected chi connectivity index (χ1v) is 6.94. The van der Waals surface area contributed by atoms with Gasteiger partial charge in [0.2, 0.25) is 0 Å². The smallest absolute Gasteiger partial charge is 0.0931 e. The Morgan fingerprint density at radius 1 is 1.24 bits per heavy atom. The Bertz CT molecular complexity index is 479. The minimum Gasteiger partial charge on any atom is -0.312 e. The highest BCUT2D eigenvalue weighted by molar-refractivity contribution is 7.16. The van der Waals surface area contributed by atoms with Crippen LogP contribution in [-0.4, -0.2) is 6.54 Å². The molecule has 90 valence electrons. The Morgan fingerprint density at radius 3 is 2.82 bits per heavy atom. The van der Waals surface area contributed by atoms with Gasteiger partial charge in [0.05, 0.1) is 4.34 Å². The molecule has 2 aromatic rings. The third-order valence-corrected chi connectivity index (χ3v) is 3.83. The summed E-state index contributed by atoms with van der Waals surface area (Å²) >= 11 is 7.52. The van der Waals surface area contributed by atoms with Gasteiger partial charge in [0.1, 0.15) is 0 Å². The summed E-state index contributed by atoms with van der Waals surface area (Å²) in [5.74, 6) is 0. The number of aryl methyl sites for hydroxylation is 1. The van der Waals surface area contributed by atoms with Crippen molar-refractivity contribution in [3.05, 3.63) is 56.7 Å². The summed E-state index contributed by atoms with van der Waals surface area (Å²) in [6.07, 6.45) is 1.07. The van der Waals surface area contributed by atoms with E-state index < -0.39 is 0 Å².